The summed E-state index contributed by atoms with van der Waals surface area (Å²) in [6.45, 7) is 1.39. The third-order valence-corrected chi connectivity index (χ3v) is 2.70. The summed E-state index contributed by atoms with van der Waals surface area (Å²) in [4.78, 5) is 13.6. The van der Waals surface area contributed by atoms with Crippen LogP contribution in [-0.2, 0) is 14.3 Å². The van der Waals surface area contributed by atoms with E-state index in [4.69, 9.17) is 20.4 Å². The SMILES string of the molecule is COCCOCC(=O)N(CCC(N)=NO)C1CC1. The third kappa shape index (κ3) is 5.33. The van der Waals surface area contributed by atoms with Crippen molar-refractivity contribution in [1.29, 1.82) is 0 Å². The van der Waals surface area contributed by atoms with Crippen LogP contribution in [0.5, 0.6) is 0 Å². The molecule has 0 radical (unpaired) electrons. The van der Waals surface area contributed by atoms with Gasteiger partial charge in [-0.3, -0.25) is 4.79 Å². The molecule has 1 rings (SSSR count). The van der Waals surface area contributed by atoms with E-state index in [1.54, 1.807) is 12.0 Å². The van der Waals surface area contributed by atoms with Crippen LogP contribution in [0.4, 0.5) is 0 Å². The predicted octanol–water partition coefficient (Wildman–Crippen LogP) is -0.223. The van der Waals surface area contributed by atoms with Gasteiger partial charge in [0.05, 0.1) is 13.2 Å². The summed E-state index contributed by atoms with van der Waals surface area (Å²) in [6.07, 6.45) is 2.40. The number of ether oxygens (including phenoxy) is 2. The molecule has 0 aromatic heterocycles. The van der Waals surface area contributed by atoms with E-state index in [0.717, 1.165) is 12.8 Å². The van der Waals surface area contributed by atoms with E-state index in [1.165, 1.54) is 0 Å². The number of amidine groups is 1. The minimum Gasteiger partial charge on any atom is -0.409 e. The van der Waals surface area contributed by atoms with E-state index in [9.17, 15) is 4.79 Å². The first-order valence-electron chi connectivity index (χ1n) is 6.01. The molecule has 3 N–H and O–H groups in total. The number of carbonyl (C=O) groups excluding carboxylic acids is 1. The Hall–Kier alpha value is -1.34. The van der Waals surface area contributed by atoms with E-state index in [2.05, 4.69) is 5.16 Å². The molecule has 0 aliphatic heterocycles. The van der Waals surface area contributed by atoms with Gasteiger partial charge >= 0.3 is 0 Å². The fraction of sp³-hybridized carbons (Fsp3) is 0.818. The highest BCUT2D eigenvalue weighted by Gasteiger charge is 2.32. The second kappa shape index (κ2) is 7.88. The van der Waals surface area contributed by atoms with Crippen LogP contribution >= 0.6 is 0 Å². The van der Waals surface area contributed by atoms with Gasteiger partial charge in [0.25, 0.3) is 0 Å². The number of carbonyl (C=O) groups is 1. The topological polar surface area (TPSA) is 97.4 Å². The maximum Gasteiger partial charge on any atom is 0.248 e. The lowest BCUT2D eigenvalue weighted by molar-refractivity contribution is -0.137. The largest absolute Gasteiger partial charge is 0.409 e. The van der Waals surface area contributed by atoms with Gasteiger partial charge in [0.2, 0.25) is 5.91 Å². The maximum absolute atomic E-state index is 11.9. The van der Waals surface area contributed by atoms with Crippen LogP contribution < -0.4 is 5.73 Å². The molecule has 0 unspecified atom stereocenters. The molecule has 0 bridgehead atoms. The third-order valence-electron chi connectivity index (χ3n) is 2.70. The molecule has 1 saturated carbocycles. The van der Waals surface area contributed by atoms with Crippen molar-refractivity contribution in [1.82, 2.24) is 4.90 Å². The maximum atomic E-state index is 11.9. The Bertz CT molecular complexity index is 292. The zero-order valence-electron chi connectivity index (χ0n) is 10.7. The first kappa shape index (κ1) is 14.7. The molecule has 0 heterocycles. The summed E-state index contributed by atoms with van der Waals surface area (Å²) in [5.41, 5.74) is 5.40. The molecule has 1 amide bonds. The van der Waals surface area contributed by atoms with Crippen LogP contribution in [0, 0.1) is 0 Å². The molecule has 1 aliphatic rings. The Morgan fingerprint density at radius 3 is 2.78 bits per heavy atom. The molecule has 0 saturated heterocycles. The highest BCUT2D eigenvalue weighted by Crippen LogP contribution is 2.27. The lowest BCUT2D eigenvalue weighted by atomic mass is 10.3. The zero-order chi connectivity index (χ0) is 13.4. The van der Waals surface area contributed by atoms with Gasteiger partial charge in [-0.1, -0.05) is 5.16 Å². The number of hydrogen-bond acceptors (Lipinski definition) is 5. The first-order valence-corrected chi connectivity index (χ1v) is 6.01. The average Bonchev–Trinajstić information content (AvgIpc) is 3.19. The van der Waals surface area contributed by atoms with Crippen molar-refractivity contribution in [2.24, 2.45) is 10.9 Å². The molecule has 1 fully saturated rings. The highest BCUT2D eigenvalue weighted by atomic mass is 16.5. The molecule has 7 nitrogen and oxygen atoms in total. The summed E-state index contributed by atoms with van der Waals surface area (Å²) < 4.78 is 10.0. The van der Waals surface area contributed by atoms with Crippen molar-refractivity contribution in [3.63, 3.8) is 0 Å². The Kier molecular flexibility index (Phi) is 6.45. The van der Waals surface area contributed by atoms with Gasteiger partial charge in [0.15, 0.2) is 0 Å². The van der Waals surface area contributed by atoms with Crippen LogP contribution in [0.15, 0.2) is 5.16 Å². The first-order chi connectivity index (χ1) is 8.69. The number of nitrogens with two attached hydrogens (primary N) is 1. The summed E-state index contributed by atoms with van der Waals surface area (Å²) in [7, 11) is 1.58. The fourth-order valence-corrected chi connectivity index (χ4v) is 1.57. The van der Waals surface area contributed by atoms with Crippen LogP contribution in [-0.4, -0.2) is 61.4 Å². The number of hydrogen-bond donors (Lipinski definition) is 2. The molecule has 0 aromatic carbocycles. The lowest BCUT2D eigenvalue weighted by Crippen LogP contribution is -2.38. The van der Waals surface area contributed by atoms with E-state index in [0.29, 0.717) is 26.2 Å². The van der Waals surface area contributed by atoms with E-state index < -0.39 is 0 Å². The molecule has 104 valence electrons. The normalized spacial score (nSPS) is 15.7. The second-order valence-electron chi connectivity index (χ2n) is 4.21. The van der Waals surface area contributed by atoms with Crippen molar-refractivity contribution in [2.75, 3.05) is 33.5 Å². The van der Waals surface area contributed by atoms with Crippen LogP contribution in [0.1, 0.15) is 19.3 Å². The standard InChI is InChI=1S/C11H21N3O4/c1-17-6-7-18-8-11(15)14(9-2-3-9)5-4-10(12)13-16/h9,16H,2-8H2,1H3,(H2,12,13). The molecular formula is C11H21N3O4. The molecule has 1 aliphatic carbocycles. The zero-order valence-corrected chi connectivity index (χ0v) is 10.7. The van der Waals surface area contributed by atoms with Gasteiger partial charge < -0.3 is 25.3 Å². The summed E-state index contributed by atoms with van der Waals surface area (Å²) >= 11 is 0. The molecule has 0 atom stereocenters. The van der Waals surface area contributed by atoms with Gasteiger partial charge in [-0.25, -0.2) is 0 Å². The van der Waals surface area contributed by atoms with E-state index >= 15 is 0 Å². The monoisotopic (exact) mass is 259 g/mol. The quantitative estimate of drug-likeness (QED) is 0.196. The molecular weight excluding hydrogens is 238 g/mol. The van der Waals surface area contributed by atoms with E-state index in [1.807, 2.05) is 0 Å². The highest BCUT2D eigenvalue weighted by molar-refractivity contribution is 5.82. The van der Waals surface area contributed by atoms with Crippen molar-refractivity contribution in [3.8, 4) is 0 Å². The van der Waals surface area contributed by atoms with Crippen molar-refractivity contribution < 1.29 is 19.5 Å². The average molecular weight is 259 g/mol. The number of oxime groups is 1. The Morgan fingerprint density at radius 1 is 1.50 bits per heavy atom. The predicted molar refractivity (Wildman–Crippen MR) is 65.5 cm³/mol. The summed E-state index contributed by atoms with van der Waals surface area (Å²) in [5.74, 6) is 0.0769. The smallest absolute Gasteiger partial charge is 0.248 e. The van der Waals surface area contributed by atoms with Gasteiger partial charge in [0, 0.05) is 26.1 Å². The Morgan fingerprint density at radius 2 is 2.22 bits per heavy atom. The van der Waals surface area contributed by atoms with Gasteiger partial charge in [-0.2, -0.15) is 0 Å². The van der Waals surface area contributed by atoms with Crippen LogP contribution in [0.25, 0.3) is 0 Å². The van der Waals surface area contributed by atoms with Crippen molar-refractivity contribution in [2.45, 2.75) is 25.3 Å². The van der Waals surface area contributed by atoms with Crippen molar-refractivity contribution >= 4 is 11.7 Å². The van der Waals surface area contributed by atoms with E-state index in [-0.39, 0.29) is 24.4 Å². The van der Waals surface area contributed by atoms with Gasteiger partial charge in [0.1, 0.15) is 12.4 Å². The molecule has 7 heteroatoms. The molecule has 0 spiro atoms. The molecule has 0 aromatic rings. The Labute approximate surface area is 107 Å². The minimum absolute atomic E-state index is 0.0516. The molecule has 18 heavy (non-hydrogen) atoms. The summed E-state index contributed by atoms with van der Waals surface area (Å²) in [5, 5.41) is 11.4. The van der Waals surface area contributed by atoms with Crippen molar-refractivity contribution in [3.05, 3.63) is 0 Å². The van der Waals surface area contributed by atoms with Gasteiger partial charge in [-0.05, 0) is 12.8 Å². The van der Waals surface area contributed by atoms with Crippen LogP contribution in [0.2, 0.25) is 0 Å². The summed E-state index contributed by atoms with van der Waals surface area (Å²) in [6, 6.07) is 0.287. The van der Waals surface area contributed by atoms with Gasteiger partial charge in [-0.15, -0.1) is 0 Å². The van der Waals surface area contributed by atoms with Crippen LogP contribution in [0.3, 0.4) is 0 Å². The Balaban J connectivity index is 2.29. The fourth-order valence-electron chi connectivity index (χ4n) is 1.57. The number of amides is 1. The minimum atomic E-state index is -0.0562. The lowest BCUT2D eigenvalue weighted by Gasteiger charge is -2.22. The number of rotatable bonds is 9. The number of nitrogens with zero attached hydrogens (tertiary/aromatic N) is 2. The number of methoxy groups -OCH3 is 1. The second-order valence-corrected chi connectivity index (χ2v) is 4.21.